The van der Waals surface area contributed by atoms with E-state index in [4.69, 9.17) is 0 Å². The van der Waals surface area contributed by atoms with Gasteiger partial charge in [-0.15, -0.1) is 0 Å². The van der Waals surface area contributed by atoms with E-state index < -0.39 is 36.7 Å². The smallest absolute Gasteiger partial charge is 0.435 e. The van der Waals surface area contributed by atoms with Crippen molar-refractivity contribution in [3.8, 4) is 11.1 Å². The van der Waals surface area contributed by atoms with Gasteiger partial charge in [-0.2, -0.15) is 22.8 Å². The summed E-state index contributed by atoms with van der Waals surface area (Å²) >= 11 is 0. The predicted molar refractivity (Wildman–Crippen MR) is 82.0 cm³/mol. The SMILES string of the molecule is O=C(CF)OCc1cc(=O)n2nc(C(F)(F)F)c(-c3ccccc3)c2[nH]1. The lowest BCUT2D eigenvalue weighted by atomic mass is 10.1. The monoisotopic (exact) mass is 369 g/mol. The Balaban J connectivity index is 2.22. The van der Waals surface area contributed by atoms with Gasteiger partial charge < -0.3 is 9.72 Å². The van der Waals surface area contributed by atoms with Crippen molar-refractivity contribution in [1.29, 1.82) is 0 Å². The number of nitrogens with zero attached hydrogens (tertiary/aromatic N) is 2. The molecule has 0 amide bonds. The van der Waals surface area contributed by atoms with Gasteiger partial charge in [0.05, 0.1) is 11.3 Å². The number of ether oxygens (including phenoxy) is 1. The van der Waals surface area contributed by atoms with Crippen LogP contribution in [0.1, 0.15) is 11.4 Å². The summed E-state index contributed by atoms with van der Waals surface area (Å²) < 4.78 is 57.5. The lowest BCUT2D eigenvalue weighted by molar-refractivity contribution is -0.146. The molecule has 0 unspecified atom stereocenters. The number of alkyl halides is 4. The Hall–Kier alpha value is -3.17. The van der Waals surface area contributed by atoms with E-state index in [1.807, 2.05) is 0 Å². The molecule has 0 saturated carbocycles. The molecule has 136 valence electrons. The molecule has 0 fully saturated rings. The first-order valence-corrected chi connectivity index (χ1v) is 7.30. The zero-order chi connectivity index (χ0) is 18.9. The lowest BCUT2D eigenvalue weighted by Gasteiger charge is -2.07. The molecule has 0 atom stereocenters. The topological polar surface area (TPSA) is 76.5 Å². The largest absolute Gasteiger partial charge is 0.457 e. The number of halogens is 4. The van der Waals surface area contributed by atoms with Crippen molar-refractivity contribution in [2.45, 2.75) is 12.8 Å². The van der Waals surface area contributed by atoms with E-state index in [0.717, 1.165) is 6.07 Å². The van der Waals surface area contributed by atoms with Gasteiger partial charge in [-0.25, -0.2) is 9.18 Å². The summed E-state index contributed by atoms with van der Waals surface area (Å²) in [5.74, 6) is -1.15. The van der Waals surface area contributed by atoms with Gasteiger partial charge in [0, 0.05) is 6.07 Å². The van der Waals surface area contributed by atoms with Gasteiger partial charge in [-0.3, -0.25) is 4.79 Å². The minimum atomic E-state index is -4.79. The van der Waals surface area contributed by atoms with Crippen LogP contribution >= 0.6 is 0 Å². The predicted octanol–water partition coefficient (Wildman–Crippen LogP) is 2.72. The summed E-state index contributed by atoms with van der Waals surface area (Å²) in [5, 5.41) is 3.39. The second kappa shape index (κ2) is 6.62. The third kappa shape index (κ3) is 3.30. The van der Waals surface area contributed by atoms with Gasteiger partial charge in [-0.1, -0.05) is 30.3 Å². The summed E-state index contributed by atoms with van der Waals surface area (Å²) in [4.78, 5) is 25.6. The zero-order valence-corrected chi connectivity index (χ0v) is 13.0. The molecular weight excluding hydrogens is 358 g/mol. The average molecular weight is 369 g/mol. The summed E-state index contributed by atoms with van der Waals surface area (Å²) in [5.41, 5.74) is -2.39. The van der Waals surface area contributed by atoms with Crippen LogP contribution in [0.25, 0.3) is 16.8 Å². The Kier molecular flexibility index (Phi) is 4.49. The average Bonchev–Trinajstić information content (AvgIpc) is 3.01. The third-order valence-corrected chi connectivity index (χ3v) is 3.50. The van der Waals surface area contributed by atoms with Gasteiger partial charge in [0.1, 0.15) is 12.3 Å². The quantitative estimate of drug-likeness (QED) is 0.567. The molecule has 0 aliphatic heterocycles. The number of hydrogen-bond acceptors (Lipinski definition) is 4. The molecule has 2 heterocycles. The summed E-state index contributed by atoms with van der Waals surface area (Å²) in [6.45, 7) is -1.85. The maximum absolute atomic E-state index is 13.4. The van der Waals surface area contributed by atoms with Gasteiger partial charge >= 0.3 is 12.1 Å². The van der Waals surface area contributed by atoms with Crippen LogP contribution in [-0.2, 0) is 22.3 Å². The molecule has 10 heteroatoms. The summed E-state index contributed by atoms with van der Waals surface area (Å²) in [7, 11) is 0. The van der Waals surface area contributed by atoms with Crippen molar-refractivity contribution in [1.82, 2.24) is 14.6 Å². The molecule has 0 saturated heterocycles. The fourth-order valence-corrected chi connectivity index (χ4v) is 2.44. The highest BCUT2D eigenvalue weighted by molar-refractivity contribution is 5.80. The van der Waals surface area contributed by atoms with Crippen molar-refractivity contribution in [2.24, 2.45) is 0 Å². The Morgan fingerprint density at radius 3 is 2.54 bits per heavy atom. The van der Waals surface area contributed by atoms with Crippen molar-refractivity contribution >= 4 is 11.6 Å². The van der Waals surface area contributed by atoms with E-state index in [1.165, 1.54) is 12.1 Å². The van der Waals surface area contributed by atoms with E-state index >= 15 is 0 Å². The normalized spacial score (nSPS) is 11.7. The number of rotatable bonds is 4. The molecule has 0 aliphatic carbocycles. The maximum atomic E-state index is 13.4. The highest BCUT2D eigenvalue weighted by Gasteiger charge is 2.39. The molecule has 2 aromatic heterocycles. The zero-order valence-electron chi connectivity index (χ0n) is 13.0. The van der Waals surface area contributed by atoms with Crippen molar-refractivity contribution in [3.63, 3.8) is 0 Å². The standard InChI is InChI=1S/C16H11F4N3O3/c17-7-12(25)26-8-10-6-11(24)23-15(21-10)13(9-4-2-1-3-5-9)14(22-23)16(18,19)20/h1-6,21H,7-8H2. The molecule has 6 nitrogen and oxygen atoms in total. The van der Waals surface area contributed by atoms with Crippen molar-refractivity contribution in [2.75, 3.05) is 6.67 Å². The van der Waals surface area contributed by atoms with Crippen LogP contribution in [0, 0.1) is 0 Å². The van der Waals surface area contributed by atoms with Crippen LogP contribution in [0.5, 0.6) is 0 Å². The molecule has 0 spiro atoms. The molecule has 0 aliphatic rings. The highest BCUT2D eigenvalue weighted by atomic mass is 19.4. The van der Waals surface area contributed by atoms with Crippen LogP contribution in [0.15, 0.2) is 41.2 Å². The second-order valence-corrected chi connectivity index (χ2v) is 5.27. The third-order valence-electron chi connectivity index (χ3n) is 3.50. The molecule has 0 bridgehead atoms. The Morgan fingerprint density at radius 2 is 1.92 bits per heavy atom. The Labute approximate surface area is 143 Å². The number of nitrogens with one attached hydrogen (secondary N) is 1. The lowest BCUT2D eigenvalue weighted by Crippen LogP contribution is -2.17. The van der Waals surface area contributed by atoms with Gasteiger partial charge in [-0.05, 0) is 5.56 Å². The maximum Gasteiger partial charge on any atom is 0.435 e. The molecule has 1 N–H and O–H groups in total. The molecule has 3 aromatic rings. The van der Waals surface area contributed by atoms with E-state index in [2.05, 4.69) is 14.8 Å². The first-order chi connectivity index (χ1) is 12.3. The van der Waals surface area contributed by atoms with E-state index in [0.29, 0.717) is 4.52 Å². The number of esters is 1. The van der Waals surface area contributed by atoms with Crippen LogP contribution in [-0.4, -0.2) is 27.2 Å². The summed E-state index contributed by atoms with van der Waals surface area (Å²) in [6.07, 6.45) is -4.79. The first-order valence-electron chi connectivity index (χ1n) is 7.30. The Morgan fingerprint density at radius 1 is 1.23 bits per heavy atom. The number of hydrogen-bond donors (Lipinski definition) is 1. The molecule has 26 heavy (non-hydrogen) atoms. The minimum Gasteiger partial charge on any atom is -0.457 e. The highest BCUT2D eigenvalue weighted by Crippen LogP contribution is 2.37. The van der Waals surface area contributed by atoms with Gasteiger partial charge in [0.2, 0.25) is 0 Å². The molecule has 0 radical (unpaired) electrons. The number of carbonyl (C=O) groups is 1. The van der Waals surface area contributed by atoms with Crippen LogP contribution in [0.3, 0.4) is 0 Å². The number of carbonyl (C=O) groups excluding carboxylic acids is 1. The van der Waals surface area contributed by atoms with E-state index in [-0.39, 0.29) is 22.5 Å². The molecular formula is C16H11F4N3O3. The van der Waals surface area contributed by atoms with E-state index in [1.54, 1.807) is 18.2 Å². The molecule has 3 rings (SSSR count). The first kappa shape index (κ1) is 17.6. The number of fused-ring (bicyclic) bond motifs is 1. The van der Waals surface area contributed by atoms with Gasteiger partial charge in [0.25, 0.3) is 5.56 Å². The van der Waals surface area contributed by atoms with Gasteiger partial charge in [0.15, 0.2) is 12.4 Å². The van der Waals surface area contributed by atoms with Crippen LogP contribution in [0.4, 0.5) is 17.6 Å². The van der Waals surface area contributed by atoms with Crippen LogP contribution in [0.2, 0.25) is 0 Å². The molecule has 1 aromatic carbocycles. The fourth-order valence-electron chi connectivity index (χ4n) is 2.44. The Bertz CT molecular complexity index is 1010. The van der Waals surface area contributed by atoms with Crippen molar-refractivity contribution < 1.29 is 27.1 Å². The number of benzene rings is 1. The summed E-state index contributed by atoms with van der Waals surface area (Å²) in [6, 6.07) is 8.54. The number of aromatic amines is 1. The minimum absolute atomic E-state index is 0.00936. The number of aromatic nitrogens is 3. The number of H-pyrrole nitrogens is 1. The van der Waals surface area contributed by atoms with Crippen LogP contribution < -0.4 is 5.56 Å². The fraction of sp³-hybridized carbons (Fsp3) is 0.188. The van der Waals surface area contributed by atoms with E-state index in [9.17, 15) is 27.2 Å². The second-order valence-electron chi connectivity index (χ2n) is 5.27. The van der Waals surface area contributed by atoms with Crippen molar-refractivity contribution in [3.05, 3.63) is 58.1 Å².